The number of benzene rings is 1. The van der Waals surface area contributed by atoms with E-state index in [1.54, 1.807) is 17.0 Å². The average molecular weight is 427 g/mol. The second-order valence-electron chi connectivity index (χ2n) is 6.57. The van der Waals surface area contributed by atoms with E-state index in [2.05, 4.69) is 15.3 Å². The van der Waals surface area contributed by atoms with E-state index in [-0.39, 0.29) is 36.5 Å². The Bertz CT molecular complexity index is 898. The molecule has 0 bridgehead atoms. The molecule has 1 fully saturated rings. The SMILES string of the molecule is CCN(Cc1nc2cc(OC)c(OC)cc2c(=O)[nH]1)C(=O)CC1COCCN1.Cl. The average Bonchev–Trinajstić information content (AvgIpc) is 2.71. The van der Waals surface area contributed by atoms with Gasteiger partial charge in [-0.15, -0.1) is 12.4 Å². The van der Waals surface area contributed by atoms with E-state index in [4.69, 9.17) is 14.2 Å². The molecule has 2 heterocycles. The minimum atomic E-state index is -0.285. The van der Waals surface area contributed by atoms with Gasteiger partial charge in [-0.25, -0.2) is 4.98 Å². The van der Waals surface area contributed by atoms with Gasteiger partial charge < -0.3 is 29.4 Å². The monoisotopic (exact) mass is 426 g/mol. The van der Waals surface area contributed by atoms with Gasteiger partial charge in [0.15, 0.2) is 11.5 Å². The van der Waals surface area contributed by atoms with Crippen LogP contribution in [-0.2, 0) is 16.1 Å². The van der Waals surface area contributed by atoms with E-state index in [1.807, 2.05) is 6.92 Å². The first-order valence-corrected chi connectivity index (χ1v) is 9.29. The molecule has 1 saturated heterocycles. The Hall–Kier alpha value is -2.36. The molecule has 0 aliphatic carbocycles. The highest BCUT2D eigenvalue weighted by Crippen LogP contribution is 2.29. The van der Waals surface area contributed by atoms with Gasteiger partial charge in [-0.1, -0.05) is 0 Å². The van der Waals surface area contributed by atoms with Gasteiger partial charge in [-0.05, 0) is 13.0 Å². The lowest BCUT2D eigenvalue weighted by Crippen LogP contribution is -2.45. The van der Waals surface area contributed by atoms with Crippen molar-refractivity contribution in [3.8, 4) is 11.5 Å². The van der Waals surface area contributed by atoms with Crippen molar-refractivity contribution in [2.24, 2.45) is 0 Å². The summed E-state index contributed by atoms with van der Waals surface area (Å²) in [6.07, 6.45) is 0.344. The van der Waals surface area contributed by atoms with Gasteiger partial charge in [0.25, 0.3) is 5.56 Å². The van der Waals surface area contributed by atoms with Crippen LogP contribution >= 0.6 is 12.4 Å². The van der Waals surface area contributed by atoms with Gasteiger partial charge in [0.2, 0.25) is 5.91 Å². The third-order valence-electron chi connectivity index (χ3n) is 4.75. The third-order valence-corrected chi connectivity index (χ3v) is 4.75. The van der Waals surface area contributed by atoms with Crippen LogP contribution < -0.4 is 20.3 Å². The van der Waals surface area contributed by atoms with Crippen molar-refractivity contribution in [3.63, 3.8) is 0 Å². The highest BCUT2D eigenvalue weighted by Gasteiger charge is 2.21. The number of fused-ring (bicyclic) bond motifs is 1. The van der Waals surface area contributed by atoms with Crippen LogP contribution in [-0.4, -0.2) is 67.3 Å². The highest BCUT2D eigenvalue weighted by atomic mass is 35.5. The van der Waals surface area contributed by atoms with Gasteiger partial charge in [0.1, 0.15) is 5.82 Å². The molecule has 1 atom stereocenters. The molecule has 1 aromatic heterocycles. The zero-order chi connectivity index (χ0) is 20.1. The fourth-order valence-corrected chi connectivity index (χ4v) is 3.24. The lowest BCUT2D eigenvalue weighted by atomic mass is 10.1. The van der Waals surface area contributed by atoms with Crippen molar-refractivity contribution in [1.29, 1.82) is 0 Å². The number of H-pyrrole nitrogens is 1. The summed E-state index contributed by atoms with van der Waals surface area (Å²) in [5.74, 6) is 1.36. The number of aromatic amines is 1. The molecule has 3 rings (SSSR count). The summed E-state index contributed by atoms with van der Waals surface area (Å²) in [4.78, 5) is 34.1. The quantitative estimate of drug-likeness (QED) is 0.682. The Morgan fingerprint density at radius 1 is 1.31 bits per heavy atom. The normalized spacial score (nSPS) is 16.2. The molecule has 0 radical (unpaired) electrons. The van der Waals surface area contributed by atoms with Crippen molar-refractivity contribution in [1.82, 2.24) is 20.2 Å². The maximum absolute atomic E-state index is 12.7. The van der Waals surface area contributed by atoms with E-state index in [1.165, 1.54) is 14.2 Å². The second-order valence-corrected chi connectivity index (χ2v) is 6.57. The van der Waals surface area contributed by atoms with Crippen molar-refractivity contribution in [3.05, 3.63) is 28.3 Å². The zero-order valence-corrected chi connectivity index (χ0v) is 17.6. The number of hydrogen-bond donors (Lipinski definition) is 2. The number of rotatable bonds is 7. The number of hydrogen-bond acceptors (Lipinski definition) is 7. The molecular weight excluding hydrogens is 400 g/mol. The molecule has 29 heavy (non-hydrogen) atoms. The topological polar surface area (TPSA) is 106 Å². The van der Waals surface area contributed by atoms with E-state index in [0.29, 0.717) is 54.4 Å². The van der Waals surface area contributed by atoms with Crippen LogP contribution in [0.2, 0.25) is 0 Å². The van der Waals surface area contributed by atoms with Crippen molar-refractivity contribution in [2.45, 2.75) is 25.9 Å². The lowest BCUT2D eigenvalue weighted by Gasteiger charge is -2.27. The van der Waals surface area contributed by atoms with Gasteiger partial charge >= 0.3 is 0 Å². The number of aromatic nitrogens is 2. The summed E-state index contributed by atoms with van der Waals surface area (Å²) >= 11 is 0. The number of morpholine rings is 1. The number of nitrogens with one attached hydrogen (secondary N) is 2. The smallest absolute Gasteiger partial charge is 0.258 e. The fourth-order valence-electron chi connectivity index (χ4n) is 3.24. The van der Waals surface area contributed by atoms with Gasteiger partial charge in [-0.3, -0.25) is 9.59 Å². The van der Waals surface area contributed by atoms with Crippen LogP contribution in [0, 0.1) is 0 Å². The summed E-state index contributed by atoms with van der Waals surface area (Å²) in [6.45, 7) is 4.57. The van der Waals surface area contributed by atoms with Crippen LogP contribution in [0.15, 0.2) is 16.9 Å². The number of amides is 1. The van der Waals surface area contributed by atoms with Crippen LogP contribution in [0.25, 0.3) is 10.9 Å². The van der Waals surface area contributed by atoms with E-state index < -0.39 is 0 Å². The molecule has 2 N–H and O–H groups in total. The Morgan fingerprint density at radius 2 is 2.03 bits per heavy atom. The maximum Gasteiger partial charge on any atom is 0.258 e. The first kappa shape index (κ1) is 22.9. The Morgan fingerprint density at radius 3 is 2.66 bits per heavy atom. The minimum absolute atomic E-state index is 0. The molecule has 2 aromatic rings. The molecule has 160 valence electrons. The Kier molecular flexibility index (Phi) is 8.24. The number of halogens is 1. The molecular formula is C19H27ClN4O5. The summed E-state index contributed by atoms with van der Waals surface area (Å²) in [5.41, 5.74) is 0.203. The molecule has 1 aliphatic rings. The standard InChI is InChI=1S/C19H26N4O5.ClH/c1-4-23(18(24)7-12-11-28-6-5-20-12)10-17-21-14-9-16(27-3)15(26-2)8-13(14)19(25)22-17;/h8-9,12,20H,4-7,10-11H2,1-3H3,(H,21,22,25);1H. The molecule has 9 nitrogen and oxygen atoms in total. The summed E-state index contributed by atoms with van der Waals surface area (Å²) in [5, 5.41) is 3.68. The van der Waals surface area contributed by atoms with Crippen molar-refractivity contribution < 1.29 is 19.0 Å². The van der Waals surface area contributed by atoms with E-state index >= 15 is 0 Å². The number of carbonyl (C=O) groups excluding carboxylic acids is 1. The predicted molar refractivity (Wildman–Crippen MR) is 111 cm³/mol. The van der Waals surface area contributed by atoms with Crippen LogP contribution in [0.4, 0.5) is 0 Å². The third kappa shape index (κ3) is 5.37. The number of ether oxygens (including phenoxy) is 3. The van der Waals surface area contributed by atoms with Crippen LogP contribution in [0.5, 0.6) is 11.5 Å². The molecule has 1 aliphatic heterocycles. The Balaban J connectivity index is 0.00000300. The summed E-state index contributed by atoms with van der Waals surface area (Å²) in [6, 6.07) is 3.27. The largest absolute Gasteiger partial charge is 0.493 e. The molecule has 0 spiro atoms. The molecule has 1 amide bonds. The first-order valence-electron chi connectivity index (χ1n) is 9.29. The minimum Gasteiger partial charge on any atom is -0.493 e. The molecule has 0 saturated carbocycles. The van der Waals surface area contributed by atoms with Gasteiger partial charge in [0, 0.05) is 31.6 Å². The molecule has 1 aromatic carbocycles. The van der Waals surface area contributed by atoms with Crippen molar-refractivity contribution in [2.75, 3.05) is 40.5 Å². The first-order chi connectivity index (χ1) is 13.5. The number of carbonyl (C=O) groups is 1. The highest BCUT2D eigenvalue weighted by molar-refractivity contribution is 5.85. The lowest BCUT2D eigenvalue weighted by molar-refractivity contribution is -0.133. The van der Waals surface area contributed by atoms with Gasteiger partial charge in [-0.2, -0.15) is 0 Å². The van der Waals surface area contributed by atoms with Crippen LogP contribution in [0.3, 0.4) is 0 Å². The molecule has 1 unspecified atom stereocenters. The summed E-state index contributed by atoms with van der Waals surface area (Å²) in [7, 11) is 3.04. The fraction of sp³-hybridized carbons (Fsp3) is 0.526. The maximum atomic E-state index is 12.7. The predicted octanol–water partition coefficient (Wildman–Crippen LogP) is 1.09. The number of nitrogens with zero attached hydrogens (tertiary/aromatic N) is 2. The van der Waals surface area contributed by atoms with Gasteiger partial charge in [0.05, 0.1) is 44.9 Å². The van der Waals surface area contributed by atoms with Crippen LogP contribution in [0.1, 0.15) is 19.2 Å². The van der Waals surface area contributed by atoms with Crippen molar-refractivity contribution >= 4 is 29.2 Å². The Labute approximate surface area is 175 Å². The van der Waals surface area contributed by atoms with E-state index in [9.17, 15) is 9.59 Å². The summed E-state index contributed by atoms with van der Waals surface area (Å²) < 4.78 is 15.9. The zero-order valence-electron chi connectivity index (χ0n) is 16.8. The second kappa shape index (κ2) is 10.4. The number of methoxy groups -OCH3 is 2. The molecule has 10 heteroatoms. The van der Waals surface area contributed by atoms with E-state index in [0.717, 1.165) is 6.54 Å².